The highest BCUT2D eigenvalue weighted by molar-refractivity contribution is 6.10. The van der Waals surface area contributed by atoms with Crippen molar-refractivity contribution >= 4 is 11.8 Å². The first-order valence-corrected chi connectivity index (χ1v) is 7.36. The lowest BCUT2D eigenvalue weighted by molar-refractivity contribution is -0.141. The van der Waals surface area contributed by atoms with Gasteiger partial charge in [-0.05, 0) is 0 Å². The average Bonchev–Trinajstić information content (AvgIpc) is 3.06. The molecular weight excluding hydrogens is 306 g/mol. The van der Waals surface area contributed by atoms with Crippen LogP contribution in [-0.4, -0.2) is 33.9 Å². The van der Waals surface area contributed by atoms with Crippen molar-refractivity contribution in [1.29, 1.82) is 0 Å². The van der Waals surface area contributed by atoms with Gasteiger partial charge in [0.25, 0.3) is 0 Å². The molecule has 0 aliphatic carbocycles. The van der Waals surface area contributed by atoms with Crippen molar-refractivity contribution in [3.8, 4) is 11.3 Å². The summed E-state index contributed by atoms with van der Waals surface area (Å²) in [6.07, 6.45) is 0. The third kappa shape index (κ3) is 3.22. The van der Waals surface area contributed by atoms with E-state index in [0.29, 0.717) is 11.3 Å². The molecule has 0 N–H and O–H groups in total. The van der Waals surface area contributed by atoms with Gasteiger partial charge in [-0.1, -0.05) is 60.7 Å². The first-order chi connectivity index (χ1) is 11.7. The molecule has 24 heavy (non-hydrogen) atoms. The highest BCUT2D eigenvalue weighted by Gasteiger charge is 2.22. The number of hydrogen-bond donors (Lipinski definition) is 0. The van der Waals surface area contributed by atoms with Gasteiger partial charge in [0.2, 0.25) is 5.78 Å². The number of ether oxygens (including phenoxy) is 1. The van der Waals surface area contributed by atoms with Gasteiger partial charge in [0.15, 0.2) is 12.2 Å². The van der Waals surface area contributed by atoms with E-state index in [1.807, 2.05) is 36.4 Å². The fourth-order valence-corrected chi connectivity index (χ4v) is 2.27. The number of methoxy groups -OCH3 is 1. The van der Waals surface area contributed by atoms with Crippen molar-refractivity contribution in [2.45, 2.75) is 6.54 Å². The van der Waals surface area contributed by atoms with Crippen LogP contribution in [0.2, 0.25) is 0 Å². The van der Waals surface area contributed by atoms with Gasteiger partial charge in [-0.25, -0.2) is 4.79 Å². The van der Waals surface area contributed by atoms with Gasteiger partial charge >= 0.3 is 5.97 Å². The average molecular weight is 321 g/mol. The molecule has 120 valence electrons. The van der Waals surface area contributed by atoms with Crippen LogP contribution in [0.25, 0.3) is 11.3 Å². The standard InChI is InChI=1S/C18H15N3O3/c1-24-15(22)12-21-19-16(13-8-4-2-5-9-13)17(20-21)18(23)14-10-6-3-7-11-14/h2-11H,12H2,1H3. The summed E-state index contributed by atoms with van der Waals surface area (Å²) in [5.74, 6) is -0.728. The number of rotatable bonds is 5. The topological polar surface area (TPSA) is 74.1 Å². The number of carbonyl (C=O) groups is 2. The molecule has 0 radical (unpaired) electrons. The van der Waals surface area contributed by atoms with Crippen molar-refractivity contribution < 1.29 is 14.3 Å². The second kappa shape index (κ2) is 6.87. The molecule has 6 nitrogen and oxygen atoms in total. The molecule has 0 saturated carbocycles. The molecule has 0 unspecified atom stereocenters. The maximum absolute atomic E-state index is 12.8. The van der Waals surface area contributed by atoms with Crippen molar-refractivity contribution in [3.05, 3.63) is 71.9 Å². The lowest BCUT2D eigenvalue weighted by Crippen LogP contribution is -2.14. The Labute approximate surface area is 138 Å². The predicted octanol–water partition coefficient (Wildman–Crippen LogP) is 2.35. The molecule has 0 amide bonds. The van der Waals surface area contributed by atoms with Gasteiger partial charge in [-0.2, -0.15) is 9.90 Å². The van der Waals surface area contributed by atoms with E-state index in [-0.39, 0.29) is 18.0 Å². The summed E-state index contributed by atoms with van der Waals surface area (Å²) in [6, 6.07) is 18.1. The molecule has 1 aromatic heterocycles. The lowest BCUT2D eigenvalue weighted by Gasteiger charge is -2.00. The second-order valence-corrected chi connectivity index (χ2v) is 5.06. The lowest BCUT2D eigenvalue weighted by atomic mass is 10.0. The minimum absolute atomic E-state index is 0.154. The van der Waals surface area contributed by atoms with Crippen LogP contribution in [0.5, 0.6) is 0 Å². The van der Waals surface area contributed by atoms with E-state index in [2.05, 4.69) is 14.9 Å². The van der Waals surface area contributed by atoms with Crippen LogP contribution in [0.15, 0.2) is 60.7 Å². The third-order valence-electron chi connectivity index (χ3n) is 3.45. The van der Waals surface area contributed by atoms with E-state index < -0.39 is 5.97 Å². The summed E-state index contributed by atoms with van der Waals surface area (Å²) in [5.41, 5.74) is 1.91. The molecule has 6 heteroatoms. The Morgan fingerprint density at radius 2 is 1.58 bits per heavy atom. The molecule has 0 spiro atoms. The van der Waals surface area contributed by atoms with Crippen LogP contribution in [0.3, 0.4) is 0 Å². The summed E-state index contributed by atoms with van der Waals surface area (Å²) in [6.45, 7) is -0.154. The van der Waals surface area contributed by atoms with Crippen LogP contribution in [-0.2, 0) is 16.1 Å². The molecule has 0 aliphatic heterocycles. The van der Waals surface area contributed by atoms with Gasteiger partial charge in [0.05, 0.1) is 7.11 Å². The molecule has 0 saturated heterocycles. The Bertz CT molecular complexity index is 858. The monoisotopic (exact) mass is 321 g/mol. The summed E-state index contributed by atoms with van der Waals surface area (Å²) in [5, 5.41) is 8.50. The number of benzene rings is 2. The van der Waals surface area contributed by atoms with E-state index in [1.54, 1.807) is 24.3 Å². The van der Waals surface area contributed by atoms with Gasteiger partial charge in [-0.3, -0.25) is 4.79 Å². The molecule has 1 heterocycles. The number of hydrogen-bond acceptors (Lipinski definition) is 5. The number of carbonyl (C=O) groups excluding carboxylic acids is 2. The molecule has 0 bridgehead atoms. The quantitative estimate of drug-likeness (QED) is 0.533. The van der Waals surface area contributed by atoms with Gasteiger partial charge in [-0.15, -0.1) is 5.10 Å². The third-order valence-corrected chi connectivity index (χ3v) is 3.45. The van der Waals surface area contributed by atoms with E-state index in [9.17, 15) is 9.59 Å². The molecule has 0 fully saturated rings. The zero-order valence-electron chi connectivity index (χ0n) is 13.0. The van der Waals surface area contributed by atoms with Crippen LogP contribution in [0.1, 0.15) is 16.1 Å². The zero-order chi connectivity index (χ0) is 16.9. The number of aromatic nitrogens is 3. The van der Waals surface area contributed by atoms with Gasteiger partial charge in [0, 0.05) is 11.1 Å². The molecule has 2 aromatic carbocycles. The Morgan fingerprint density at radius 3 is 2.21 bits per heavy atom. The van der Waals surface area contributed by atoms with Crippen LogP contribution in [0.4, 0.5) is 0 Å². The van der Waals surface area contributed by atoms with Crippen LogP contribution >= 0.6 is 0 Å². The Balaban J connectivity index is 2.06. The molecule has 0 aliphatic rings. The minimum atomic E-state index is -0.483. The molecule has 3 aromatic rings. The number of ketones is 1. The summed E-state index contributed by atoms with van der Waals surface area (Å²) in [4.78, 5) is 25.4. The maximum Gasteiger partial charge on any atom is 0.329 e. The Kier molecular flexibility index (Phi) is 4.47. The van der Waals surface area contributed by atoms with Crippen molar-refractivity contribution in [1.82, 2.24) is 15.0 Å². The first-order valence-electron chi connectivity index (χ1n) is 7.36. The molecule has 3 rings (SSSR count). The van der Waals surface area contributed by atoms with Gasteiger partial charge in [0.1, 0.15) is 5.69 Å². The predicted molar refractivity (Wildman–Crippen MR) is 87.3 cm³/mol. The van der Waals surface area contributed by atoms with Crippen LogP contribution < -0.4 is 0 Å². The van der Waals surface area contributed by atoms with Crippen molar-refractivity contribution in [3.63, 3.8) is 0 Å². The van der Waals surface area contributed by atoms with Crippen LogP contribution in [0, 0.1) is 0 Å². The Morgan fingerprint density at radius 1 is 0.958 bits per heavy atom. The van der Waals surface area contributed by atoms with E-state index in [1.165, 1.54) is 11.9 Å². The smallest absolute Gasteiger partial charge is 0.329 e. The fourth-order valence-electron chi connectivity index (χ4n) is 2.27. The summed E-state index contributed by atoms with van der Waals surface area (Å²) >= 11 is 0. The normalized spacial score (nSPS) is 10.4. The van der Waals surface area contributed by atoms with Crippen molar-refractivity contribution in [2.75, 3.05) is 7.11 Å². The summed E-state index contributed by atoms with van der Waals surface area (Å²) in [7, 11) is 1.29. The van der Waals surface area contributed by atoms with Crippen molar-refractivity contribution in [2.24, 2.45) is 0 Å². The Hall–Kier alpha value is -3.28. The minimum Gasteiger partial charge on any atom is -0.468 e. The maximum atomic E-state index is 12.8. The zero-order valence-corrected chi connectivity index (χ0v) is 13.0. The van der Waals surface area contributed by atoms with E-state index in [4.69, 9.17) is 0 Å². The SMILES string of the molecule is COC(=O)Cn1nc(C(=O)c2ccccc2)c(-c2ccccc2)n1. The summed E-state index contributed by atoms with van der Waals surface area (Å²) < 4.78 is 4.63. The highest BCUT2D eigenvalue weighted by atomic mass is 16.5. The molecular formula is C18H15N3O3. The van der Waals surface area contributed by atoms with Gasteiger partial charge < -0.3 is 4.74 Å². The largest absolute Gasteiger partial charge is 0.468 e. The first kappa shape index (κ1) is 15.6. The second-order valence-electron chi connectivity index (χ2n) is 5.06. The van der Waals surface area contributed by atoms with E-state index >= 15 is 0 Å². The number of nitrogens with zero attached hydrogens (tertiary/aromatic N) is 3. The number of esters is 1. The fraction of sp³-hybridized carbons (Fsp3) is 0.111. The molecule has 0 atom stereocenters. The van der Waals surface area contributed by atoms with E-state index in [0.717, 1.165) is 5.56 Å². The highest BCUT2D eigenvalue weighted by Crippen LogP contribution is 2.22.